The molecular formula is C14H18ClFN2O3. The van der Waals surface area contributed by atoms with Crippen molar-refractivity contribution in [1.29, 1.82) is 0 Å². The molecule has 0 aliphatic carbocycles. The maximum Gasteiger partial charge on any atom is 0.328 e. The second kappa shape index (κ2) is 7.83. The first-order chi connectivity index (χ1) is 9.88. The van der Waals surface area contributed by atoms with Crippen LogP contribution in [0.5, 0.6) is 0 Å². The SMILES string of the molecule is CCC(C)C(NC(=O)Nc1ccc(F)c(Cl)c1)C(=O)OC. The third kappa shape index (κ3) is 4.90. The number of carbonyl (C=O) groups is 2. The van der Waals surface area contributed by atoms with Crippen LogP contribution in [0.25, 0.3) is 0 Å². The maximum absolute atomic E-state index is 13.0. The molecule has 5 nitrogen and oxygen atoms in total. The summed E-state index contributed by atoms with van der Waals surface area (Å²) >= 11 is 5.63. The fraction of sp³-hybridized carbons (Fsp3) is 0.429. The van der Waals surface area contributed by atoms with Gasteiger partial charge in [0.2, 0.25) is 0 Å². The van der Waals surface area contributed by atoms with Gasteiger partial charge in [-0.05, 0) is 24.1 Å². The van der Waals surface area contributed by atoms with Crippen molar-refractivity contribution in [2.45, 2.75) is 26.3 Å². The standard InChI is InChI=1S/C14H18ClFN2O3/c1-4-8(2)12(13(19)21-3)18-14(20)17-9-5-6-11(16)10(15)7-9/h5-8,12H,4H2,1-3H3,(H2,17,18,20). The highest BCUT2D eigenvalue weighted by Gasteiger charge is 2.26. The highest BCUT2D eigenvalue weighted by Crippen LogP contribution is 2.19. The molecule has 0 saturated heterocycles. The van der Waals surface area contributed by atoms with Crippen molar-refractivity contribution in [3.63, 3.8) is 0 Å². The molecule has 0 bridgehead atoms. The Hall–Kier alpha value is -1.82. The Morgan fingerprint density at radius 3 is 2.62 bits per heavy atom. The third-order valence-electron chi connectivity index (χ3n) is 3.13. The molecule has 0 aliphatic rings. The van der Waals surface area contributed by atoms with E-state index in [0.29, 0.717) is 12.1 Å². The predicted octanol–water partition coefficient (Wildman–Crippen LogP) is 3.19. The Labute approximate surface area is 127 Å². The first-order valence-corrected chi connectivity index (χ1v) is 6.87. The molecule has 1 rings (SSSR count). The number of esters is 1. The number of carbonyl (C=O) groups excluding carboxylic acids is 2. The average Bonchev–Trinajstić information content (AvgIpc) is 2.47. The van der Waals surface area contributed by atoms with Crippen molar-refractivity contribution in [2.24, 2.45) is 5.92 Å². The van der Waals surface area contributed by atoms with Gasteiger partial charge in [0.1, 0.15) is 11.9 Å². The molecule has 1 aromatic rings. The first kappa shape index (κ1) is 17.2. The number of benzene rings is 1. The molecule has 0 radical (unpaired) electrons. The zero-order chi connectivity index (χ0) is 16.0. The molecule has 0 aliphatic heterocycles. The molecule has 2 unspecified atom stereocenters. The molecule has 0 fully saturated rings. The number of hydrogen-bond donors (Lipinski definition) is 2. The highest BCUT2D eigenvalue weighted by atomic mass is 35.5. The van der Waals surface area contributed by atoms with Crippen molar-refractivity contribution in [2.75, 3.05) is 12.4 Å². The minimum absolute atomic E-state index is 0.0833. The van der Waals surface area contributed by atoms with Crippen LogP contribution >= 0.6 is 11.6 Å². The van der Waals surface area contributed by atoms with Gasteiger partial charge in [0.15, 0.2) is 0 Å². The number of rotatable bonds is 5. The van der Waals surface area contributed by atoms with E-state index < -0.39 is 23.9 Å². The Balaban J connectivity index is 2.73. The third-order valence-corrected chi connectivity index (χ3v) is 3.42. The Morgan fingerprint density at radius 1 is 1.43 bits per heavy atom. The molecule has 0 aromatic heterocycles. The summed E-state index contributed by atoms with van der Waals surface area (Å²) in [6, 6.07) is 2.46. The molecule has 0 saturated carbocycles. The van der Waals surface area contributed by atoms with Crippen LogP contribution in [0.4, 0.5) is 14.9 Å². The topological polar surface area (TPSA) is 67.4 Å². The van der Waals surface area contributed by atoms with E-state index in [1.165, 1.54) is 19.2 Å². The van der Waals surface area contributed by atoms with Crippen LogP contribution < -0.4 is 10.6 Å². The number of halogens is 2. The lowest BCUT2D eigenvalue weighted by atomic mass is 9.99. The van der Waals surface area contributed by atoms with Crippen molar-refractivity contribution in [3.8, 4) is 0 Å². The van der Waals surface area contributed by atoms with E-state index in [-0.39, 0.29) is 10.9 Å². The smallest absolute Gasteiger partial charge is 0.328 e. The summed E-state index contributed by atoms with van der Waals surface area (Å²) in [5.41, 5.74) is 0.326. The second-order valence-corrected chi connectivity index (χ2v) is 5.02. The van der Waals surface area contributed by atoms with Crippen LogP contribution in [0.3, 0.4) is 0 Å². The predicted molar refractivity (Wildman–Crippen MR) is 78.8 cm³/mol. The molecule has 7 heteroatoms. The summed E-state index contributed by atoms with van der Waals surface area (Å²) in [4.78, 5) is 23.6. The number of methoxy groups -OCH3 is 1. The maximum atomic E-state index is 13.0. The largest absolute Gasteiger partial charge is 0.467 e. The van der Waals surface area contributed by atoms with Gasteiger partial charge in [-0.3, -0.25) is 0 Å². The molecule has 2 N–H and O–H groups in total. The average molecular weight is 317 g/mol. The number of amides is 2. The van der Waals surface area contributed by atoms with Crippen molar-refractivity contribution < 1.29 is 18.7 Å². The van der Waals surface area contributed by atoms with Gasteiger partial charge in [-0.25, -0.2) is 14.0 Å². The van der Waals surface area contributed by atoms with Crippen LogP contribution in [0.2, 0.25) is 5.02 Å². The first-order valence-electron chi connectivity index (χ1n) is 6.49. The Bertz CT molecular complexity index is 525. The normalized spacial score (nSPS) is 13.2. The van der Waals surface area contributed by atoms with Gasteiger partial charge in [0.25, 0.3) is 0 Å². The van der Waals surface area contributed by atoms with Gasteiger partial charge in [-0.1, -0.05) is 31.9 Å². The Kier molecular flexibility index (Phi) is 6.42. The quantitative estimate of drug-likeness (QED) is 0.820. The molecule has 1 aromatic carbocycles. The summed E-state index contributed by atoms with van der Waals surface area (Å²) in [6.07, 6.45) is 0.697. The number of nitrogens with one attached hydrogen (secondary N) is 2. The minimum Gasteiger partial charge on any atom is -0.467 e. The van der Waals surface area contributed by atoms with E-state index in [0.717, 1.165) is 6.07 Å². The fourth-order valence-electron chi connectivity index (χ4n) is 1.68. The van der Waals surface area contributed by atoms with E-state index in [4.69, 9.17) is 11.6 Å². The zero-order valence-corrected chi connectivity index (χ0v) is 12.8. The van der Waals surface area contributed by atoms with Crippen molar-refractivity contribution in [3.05, 3.63) is 29.0 Å². The Morgan fingerprint density at radius 2 is 2.10 bits per heavy atom. The monoisotopic (exact) mass is 316 g/mol. The summed E-state index contributed by atoms with van der Waals surface area (Å²) < 4.78 is 17.7. The van der Waals surface area contributed by atoms with E-state index in [9.17, 15) is 14.0 Å². The lowest BCUT2D eigenvalue weighted by Gasteiger charge is -2.22. The van der Waals surface area contributed by atoms with Gasteiger partial charge in [-0.2, -0.15) is 0 Å². The van der Waals surface area contributed by atoms with Gasteiger partial charge >= 0.3 is 12.0 Å². The van der Waals surface area contributed by atoms with Crippen LogP contribution in [-0.4, -0.2) is 25.2 Å². The van der Waals surface area contributed by atoms with Gasteiger partial charge in [0, 0.05) is 5.69 Å². The van der Waals surface area contributed by atoms with Gasteiger partial charge in [0.05, 0.1) is 12.1 Å². The molecule has 2 atom stereocenters. The lowest BCUT2D eigenvalue weighted by molar-refractivity contribution is -0.144. The van der Waals surface area contributed by atoms with Gasteiger partial charge < -0.3 is 15.4 Å². The summed E-state index contributed by atoms with van der Waals surface area (Å²) in [7, 11) is 1.26. The van der Waals surface area contributed by atoms with E-state index in [1.807, 2.05) is 13.8 Å². The van der Waals surface area contributed by atoms with Crippen LogP contribution in [0.1, 0.15) is 20.3 Å². The number of ether oxygens (including phenoxy) is 1. The number of anilines is 1. The summed E-state index contributed by atoms with van der Waals surface area (Å²) in [6.45, 7) is 3.73. The van der Waals surface area contributed by atoms with E-state index in [2.05, 4.69) is 15.4 Å². The second-order valence-electron chi connectivity index (χ2n) is 4.61. The van der Waals surface area contributed by atoms with Crippen molar-refractivity contribution in [1.82, 2.24) is 5.32 Å². The van der Waals surface area contributed by atoms with Gasteiger partial charge in [-0.15, -0.1) is 0 Å². The van der Waals surface area contributed by atoms with Crippen LogP contribution in [0, 0.1) is 11.7 Å². The molecule has 21 heavy (non-hydrogen) atoms. The van der Waals surface area contributed by atoms with E-state index >= 15 is 0 Å². The molecule has 0 spiro atoms. The molecule has 116 valence electrons. The van der Waals surface area contributed by atoms with Crippen LogP contribution in [0.15, 0.2) is 18.2 Å². The van der Waals surface area contributed by atoms with Crippen LogP contribution in [-0.2, 0) is 9.53 Å². The number of hydrogen-bond acceptors (Lipinski definition) is 3. The molecule has 0 heterocycles. The van der Waals surface area contributed by atoms with E-state index in [1.54, 1.807) is 0 Å². The molecule has 2 amide bonds. The fourth-order valence-corrected chi connectivity index (χ4v) is 1.86. The number of urea groups is 1. The molecular weight excluding hydrogens is 299 g/mol. The lowest BCUT2D eigenvalue weighted by Crippen LogP contribution is -2.47. The van der Waals surface area contributed by atoms with Crippen molar-refractivity contribution >= 4 is 29.3 Å². The zero-order valence-electron chi connectivity index (χ0n) is 12.1. The minimum atomic E-state index is -0.754. The summed E-state index contributed by atoms with van der Waals surface area (Å²) in [5, 5.41) is 4.93. The highest BCUT2D eigenvalue weighted by molar-refractivity contribution is 6.31. The summed E-state index contributed by atoms with van der Waals surface area (Å²) in [5.74, 6) is -1.17.